The second-order valence-electron chi connectivity index (χ2n) is 2.70. The fraction of sp³-hybridized carbons (Fsp3) is 0.625. The van der Waals surface area contributed by atoms with Crippen LogP contribution in [0.5, 0.6) is 0 Å². The largest absolute Gasteiger partial charge is 0.362 e. The molecule has 1 rings (SSSR count). The average Bonchev–Trinajstić information content (AvgIpc) is 2.29. The maximum atomic E-state index is 5.76. The van der Waals surface area contributed by atoms with Gasteiger partial charge in [0.05, 0.1) is 11.6 Å². The van der Waals surface area contributed by atoms with Crippen molar-refractivity contribution in [1.29, 1.82) is 0 Å². The molecule has 3 nitrogen and oxygen atoms in total. The van der Waals surface area contributed by atoms with Crippen molar-refractivity contribution >= 4 is 11.6 Å². The number of nitrogens with zero attached hydrogens (tertiary/aromatic N) is 2. The van der Waals surface area contributed by atoms with Crippen molar-refractivity contribution in [2.75, 3.05) is 7.11 Å². The van der Waals surface area contributed by atoms with Crippen LogP contribution in [0, 0.1) is 13.8 Å². The lowest BCUT2D eigenvalue weighted by molar-refractivity contribution is 0.118. The van der Waals surface area contributed by atoms with Crippen molar-refractivity contribution in [3.8, 4) is 0 Å². The van der Waals surface area contributed by atoms with Gasteiger partial charge in [0.15, 0.2) is 0 Å². The number of rotatable bonds is 3. The van der Waals surface area contributed by atoms with Gasteiger partial charge in [-0.3, -0.25) is 0 Å². The molecule has 0 saturated carbocycles. The Morgan fingerprint density at radius 1 is 1.50 bits per heavy atom. The van der Waals surface area contributed by atoms with Gasteiger partial charge >= 0.3 is 0 Å². The molecule has 0 unspecified atom stereocenters. The molecule has 0 atom stereocenters. The maximum Gasteiger partial charge on any atom is 0.139 e. The molecule has 4 heteroatoms. The molecule has 0 saturated heterocycles. The molecule has 68 valence electrons. The van der Waals surface area contributed by atoms with Crippen molar-refractivity contribution in [2.24, 2.45) is 0 Å². The number of hydrogen-bond acceptors (Lipinski definition) is 2. The minimum atomic E-state index is 0.490. The van der Waals surface area contributed by atoms with Gasteiger partial charge in [0.25, 0.3) is 0 Å². The Morgan fingerprint density at radius 2 is 2.17 bits per heavy atom. The van der Waals surface area contributed by atoms with Crippen LogP contribution < -0.4 is 0 Å². The van der Waals surface area contributed by atoms with E-state index in [1.165, 1.54) is 0 Å². The zero-order valence-electron chi connectivity index (χ0n) is 7.59. The molecule has 0 aliphatic rings. The third-order valence-corrected chi connectivity index (χ3v) is 2.18. The number of aryl methyl sites for hydroxylation is 1. The van der Waals surface area contributed by atoms with Crippen LogP contribution >= 0.6 is 11.6 Å². The lowest BCUT2D eigenvalue weighted by atomic mass is 10.2. The molecule has 0 N–H and O–H groups in total. The van der Waals surface area contributed by atoms with E-state index in [0.29, 0.717) is 12.6 Å². The summed E-state index contributed by atoms with van der Waals surface area (Å²) in [5, 5.41) is 4.28. The first-order chi connectivity index (χ1) is 5.70. The quantitative estimate of drug-likeness (QED) is 0.677. The Balaban J connectivity index is 3.00. The van der Waals surface area contributed by atoms with Crippen LogP contribution in [0.3, 0.4) is 0 Å². The van der Waals surface area contributed by atoms with Crippen LogP contribution in [0.4, 0.5) is 0 Å². The summed E-state index contributed by atoms with van der Waals surface area (Å²) in [6.45, 7) is 4.44. The predicted octanol–water partition coefficient (Wildman–Crippen LogP) is 1.84. The van der Waals surface area contributed by atoms with Gasteiger partial charge in [-0.05, 0) is 13.8 Å². The monoisotopic (exact) mass is 188 g/mol. The van der Waals surface area contributed by atoms with E-state index < -0.39 is 0 Å². The number of halogens is 1. The van der Waals surface area contributed by atoms with Gasteiger partial charge in [-0.15, -0.1) is 11.6 Å². The highest BCUT2D eigenvalue weighted by atomic mass is 35.5. The minimum Gasteiger partial charge on any atom is -0.362 e. The molecule has 0 aliphatic heterocycles. The first-order valence-corrected chi connectivity index (χ1v) is 4.32. The van der Waals surface area contributed by atoms with Gasteiger partial charge in [-0.2, -0.15) is 5.10 Å². The smallest absolute Gasteiger partial charge is 0.139 e. The number of alkyl halides is 1. The third-order valence-electron chi connectivity index (χ3n) is 1.92. The molecule has 12 heavy (non-hydrogen) atoms. The first kappa shape index (κ1) is 9.55. The van der Waals surface area contributed by atoms with Crippen LogP contribution in [-0.4, -0.2) is 16.9 Å². The summed E-state index contributed by atoms with van der Waals surface area (Å²) < 4.78 is 6.79. The average molecular weight is 189 g/mol. The lowest BCUT2D eigenvalue weighted by Crippen LogP contribution is -2.03. The van der Waals surface area contributed by atoms with Crippen molar-refractivity contribution in [2.45, 2.75) is 26.5 Å². The molecule has 1 aromatic heterocycles. The molecule has 0 bridgehead atoms. The Kier molecular flexibility index (Phi) is 3.12. The van der Waals surface area contributed by atoms with Crippen LogP contribution in [0.15, 0.2) is 0 Å². The van der Waals surface area contributed by atoms with Crippen LogP contribution in [0.2, 0.25) is 0 Å². The molecular weight excluding hydrogens is 176 g/mol. The van der Waals surface area contributed by atoms with Gasteiger partial charge in [-0.1, -0.05) is 0 Å². The molecular formula is C8H13ClN2O. The van der Waals surface area contributed by atoms with E-state index in [4.69, 9.17) is 16.3 Å². The molecule has 0 aliphatic carbocycles. The summed E-state index contributed by atoms with van der Waals surface area (Å²) in [4.78, 5) is 0. The van der Waals surface area contributed by atoms with E-state index in [9.17, 15) is 0 Å². The molecule has 0 fully saturated rings. The summed E-state index contributed by atoms with van der Waals surface area (Å²) >= 11 is 5.76. The highest BCUT2D eigenvalue weighted by Crippen LogP contribution is 2.14. The number of methoxy groups -OCH3 is 1. The number of hydrogen-bond donors (Lipinski definition) is 0. The predicted molar refractivity (Wildman–Crippen MR) is 48.3 cm³/mol. The van der Waals surface area contributed by atoms with E-state index in [1.54, 1.807) is 7.11 Å². The number of ether oxygens (including phenoxy) is 1. The summed E-state index contributed by atoms with van der Waals surface area (Å²) in [7, 11) is 1.65. The molecule has 0 spiro atoms. The van der Waals surface area contributed by atoms with Gasteiger partial charge in [0, 0.05) is 18.4 Å². The van der Waals surface area contributed by atoms with E-state index in [1.807, 2.05) is 18.5 Å². The fourth-order valence-corrected chi connectivity index (χ4v) is 1.56. The second-order valence-corrected chi connectivity index (χ2v) is 2.97. The highest BCUT2D eigenvalue weighted by molar-refractivity contribution is 6.17. The van der Waals surface area contributed by atoms with Gasteiger partial charge in [-0.25, -0.2) is 4.68 Å². The first-order valence-electron chi connectivity index (χ1n) is 3.78. The van der Waals surface area contributed by atoms with Gasteiger partial charge < -0.3 is 4.74 Å². The van der Waals surface area contributed by atoms with Crippen molar-refractivity contribution in [3.63, 3.8) is 0 Å². The Labute approximate surface area is 77.3 Å². The Hall–Kier alpha value is -0.540. The summed E-state index contributed by atoms with van der Waals surface area (Å²) in [6.07, 6.45) is 0. The maximum absolute atomic E-state index is 5.76. The summed E-state index contributed by atoms with van der Waals surface area (Å²) in [6, 6.07) is 0. The Bertz CT molecular complexity index is 270. The summed E-state index contributed by atoms with van der Waals surface area (Å²) in [5.41, 5.74) is 3.18. The van der Waals surface area contributed by atoms with E-state index in [-0.39, 0.29) is 0 Å². The lowest BCUT2D eigenvalue weighted by Gasteiger charge is -2.01. The topological polar surface area (TPSA) is 27.1 Å². The second kappa shape index (κ2) is 3.92. The molecule has 0 aromatic carbocycles. The number of aromatic nitrogens is 2. The van der Waals surface area contributed by atoms with E-state index in [0.717, 1.165) is 17.0 Å². The molecule has 0 radical (unpaired) electrons. The zero-order chi connectivity index (χ0) is 9.14. The van der Waals surface area contributed by atoms with E-state index in [2.05, 4.69) is 5.10 Å². The van der Waals surface area contributed by atoms with Crippen LogP contribution in [0.25, 0.3) is 0 Å². The normalized spacial score (nSPS) is 10.7. The van der Waals surface area contributed by atoms with Gasteiger partial charge in [0.2, 0.25) is 0 Å². The summed E-state index contributed by atoms with van der Waals surface area (Å²) in [5.74, 6) is 0.515. The fourth-order valence-electron chi connectivity index (χ4n) is 1.18. The molecule has 1 heterocycles. The van der Waals surface area contributed by atoms with Crippen LogP contribution in [0.1, 0.15) is 17.0 Å². The van der Waals surface area contributed by atoms with Crippen molar-refractivity contribution in [1.82, 2.24) is 9.78 Å². The standard InChI is InChI=1S/C8H13ClN2O/c1-6-8(4-9)7(2)11(10-6)5-12-3/h4-5H2,1-3H3. The molecule has 0 amide bonds. The third kappa shape index (κ3) is 1.62. The SMILES string of the molecule is COCn1nc(C)c(CCl)c1C. The van der Waals surface area contributed by atoms with Crippen molar-refractivity contribution in [3.05, 3.63) is 17.0 Å². The highest BCUT2D eigenvalue weighted by Gasteiger charge is 2.08. The van der Waals surface area contributed by atoms with Crippen molar-refractivity contribution < 1.29 is 4.74 Å². The Morgan fingerprint density at radius 3 is 2.58 bits per heavy atom. The zero-order valence-corrected chi connectivity index (χ0v) is 8.35. The van der Waals surface area contributed by atoms with Crippen LogP contribution in [-0.2, 0) is 17.3 Å². The molecule has 1 aromatic rings. The minimum absolute atomic E-state index is 0.490. The van der Waals surface area contributed by atoms with E-state index >= 15 is 0 Å². The van der Waals surface area contributed by atoms with Gasteiger partial charge in [0.1, 0.15) is 6.73 Å².